The molecule has 0 heterocycles. The standard InChI is InChI=1S/C22H28O4/c1-4-6-14-25-20-12-10-18(16-21(20)24-5-2)11-13-22(23)26-19-9-7-8-17(3)15-19/h7-10,12,15-16H,4-6,11,13-14H2,1-3H3. The maximum atomic E-state index is 12.1. The van der Waals surface area contributed by atoms with Crippen LogP contribution in [0.25, 0.3) is 0 Å². The molecule has 0 saturated carbocycles. The van der Waals surface area contributed by atoms with Gasteiger partial charge in [0.05, 0.1) is 13.2 Å². The molecule has 0 fully saturated rings. The van der Waals surface area contributed by atoms with Gasteiger partial charge in [-0.15, -0.1) is 0 Å². The fraction of sp³-hybridized carbons (Fsp3) is 0.409. The predicted octanol–water partition coefficient (Wildman–Crippen LogP) is 5.11. The highest BCUT2D eigenvalue weighted by atomic mass is 16.5. The minimum atomic E-state index is -0.239. The van der Waals surface area contributed by atoms with Crippen LogP contribution in [0.15, 0.2) is 42.5 Å². The van der Waals surface area contributed by atoms with E-state index in [1.165, 1.54) is 0 Å². The van der Waals surface area contributed by atoms with Crippen molar-refractivity contribution in [3.05, 3.63) is 53.6 Å². The predicted molar refractivity (Wildman–Crippen MR) is 103 cm³/mol. The van der Waals surface area contributed by atoms with Crippen molar-refractivity contribution in [1.82, 2.24) is 0 Å². The van der Waals surface area contributed by atoms with E-state index in [1.807, 2.05) is 50.2 Å². The highest BCUT2D eigenvalue weighted by Crippen LogP contribution is 2.29. The van der Waals surface area contributed by atoms with Crippen molar-refractivity contribution in [2.45, 2.75) is 46.5 Å². The van der Waals surface area contributed by atoms with E-state index in [4.69, 9.17) is 14.2 Å². The van der Waals surface area contributed by atoms with Gasteiger partial charge in [-0.2, -0.15) is 0 Å². The average molecular weight is 356 g/mol. The number of hydrogen-bond acceptors (Lipinski definition) is 4. The zero-order chi connectivity index (χ0) is 18.8. The Balaban J connectivity index is 1.93. The minimum absolute atomic E-state index is 0.239. The Morgan fingerprint density at radius 3 is 2.58 bits per heavy atom. The van der Waals surface area contributed by atoms with E-state index in [9.17, 15) is 4.79 Å². The molecule has 2 rings (SSSR count). The summed E-state index contributed by atoms with van der Waals surface area (Å²) in [6, 6.07) is 13.3. The smallest absolute Gasteiger partial charge is 0.311 e. The summed E-state index contributed by atoms with van der Waals surface area (Å²) in [6.07, 6.45) is 3.01. The van der Waals surface area contributed by atoms with Crippen LogP contribution in [0.1, 0.15) is 44.2 Å². The van der Waals surface area contributed by atoms with Crippen molar-refractivity contribution >= 4 is 5.97 Å². The Kier molecular flexibility index (Phi) is 8.00. The third-order valence-corrected chi connectivity index (χ3v) is 3.90. The van der Waals surface area contributed by atoms with E-state index in [0.29, 0.717) is 31.8 Å². The SMILES string of the molecule is CCCCOc1ccc(CCC(=O)Oc2cccc(C)c2)cc1OCC. The zero-order valence-electron chi connectivity index (χ0n) is 15.9. The van der Waals surface area contributed by atoms with Gasteiger partial charge in [0, 0.05) is 6.42 Å². The third-order valence-electron chi connectivity index (χ3n) is 3.90. The molecule has 0 bridgehead atoms. The Labute approximate surface area is 156 Å². The fourth-order valence-corrected chi connectivity index (χ4v) is 2.53. The van der Waals surface area contributed by atoms with E-state index in [2.05, 4.69) is 6.92 Å². The molecule has 0 N–H and O–H groups in total. The van der Waals surface area contributed by atoms with Gasteiger partial charge >= 0.3 is 5.97 Å². The van der Waals surface area contributed by atoms with E-state index >= 15 is 0 Å². The molecule has 0 aliphatic rings. The molecule has 0 unspecified atom stereocenters. The molecule has 26 heavy (non-hydrogen) atoms. The Bertz CT molecular complexity index is 709. The first-order valence-electron chi connectivity index (χ1n) is 9.28. The fourth-order valence-electron chi connectivity index (χ4n) is 2.53. The number of unbranched alkanes of at least 4 members (excludes halogenated alkanes) is 1. The average Bonchev–Trinajstić information content (AvgIpc) is 2.62. The van der Waals surface area contributed by atoms with Crippen molar-refractivity contribution in [2.24, 2.45) is 0 Å². The molecule has 0 atom stereocenters. The summed E-state index contributed by atoms with van der Waals surface area (Å²) in [7, 11) is 0. The lowest BCUT2D eigenvalue weighted by atomic mass is 10.1. The summed E-state index contributed by atoms with van der Waals surface area (Å²) in [5, 5.41) is 0. The summed E-state index contributed by atoms with van der Waals surface area (Å²) >= 11 is 0. The van der Waals surface area contributed by atoms with Gasteiger partial charge in [-0.3, -0.25) is 4.79 Å². The van der Waals surface area contributed by atoms with Gasteiger partial charge in [0.25, 0.3) is 0 Å². The molecule has 4 nitrogen and oxygen atoms in total. The summed E-state index contributed by atoms with van der Waals surface area (Å²) in [5.74, 6) is 1.83. The molecule has 0 spiro atoms. The van der Waals surface area contributed by atoms with Crippen LogP contribution in [-0.2, 0) is 11.2 Å². The second kappa shape index (κ2) is 10.5. The molecule has 0 radical (unpaired) electrons. The molecule has 2 aromatic rings. The van der Waals surface area contributed by atoms with Crippen molar-refractivity contribution in [3.63, 3.8) is 0 Å². The number of carbonyl (C=O) groups excluding carboxylic acids is 1. The van der Waals surface area contributed by atoms with Crippen LogP contribution in [0.4, 0.5) is 0 Å². The van der Waals surface area contributed by atoms with E-state index < -0.39 is 0 Å². The quantitative estimate of drug-likeness (QED) is 0.337. The summed E-state index contributed by atoms with van der Waals surface area (Å²) in [4.78, 5) is 12.1. The number of rotatable bonds is 10. The Morgan fingerprint density at radius 2 is 1.85 bits per heavy atom. The zero-order valence-corrected chi connectivity index (χ0v) is 15.9. The summed E-state index contributed by atoms with van der Waals surface area (Å²) in [6.45, 7) is 7.30. The van der Waals surface area contributed by atoms with Crippen LogP contribution >= 0.6 is 0 Å². The summed E-state index contributed by atoms with van der Waals surface area (Å²) in [5.41, 5.74) is 2.09. The molecular weight excluding hydrogens is 328 g/mol. The van der Waals surface area contributed by atoms with Crippen molar-refractivity contribution < 1.29 is 19.0 Å². The van der Waals surface area contributed by atoms with Crippen LogP contribution < -0.4 is 14.2 Å². The molecule has 2 aromatic carbocycles. The lowest BCUT2D eigenvalue weighted by molar-refractivity contribution is -0.134. The number of aryl methyl sites for hydroxylation is 2. The van der Waals surface area contributed by atoms with Crippen molar-refractivity contribution in [3.8, 4) is 17.2 Å². The molecule has 0 amide bonds. The number of carbonyl (C=O) groups is 1. The lowest BCUT2D eigenvalue weighted by Crippen LogP contribution is -2.09. The molecular formula is C22H28O4. The molecule has 0 aliphatic carbocycles. The minimum Gasteiger partial charge on any atom is -0.490 e. The maximum Gasteiger partial charge on any atom is 0.311 e. The first-order chi connectivity index (χ1) is 12.6. The number of esters is 1. The topological polar surface area (TPSA) is 44.8 Å². The highest BCUT2D eigenvalue weighted by molar-refractivity contribution is 5.72. The van der Waals surface area contributed by atoms with E-state index in [1.54, 1.807) is 6.07 Å². The second-order valence-electron chi connectivity index (χ2n) is 6.21. The van der Waals surface area contributed by atoms with Gasteiger partial charge in [-0.25, -0.2) is 0 Å². The number of ether oxygens (including phenoxy) is 3. The van der Waals surface area contributed by atoms with Gasteiger partial charge < -0.3 is 14.2 Å². The first-order valence-corrected chi connectivity index (χ1v) is 9.28. The molecule has 0 saturated heterocycles. The largest absolute Gasteiger partial charge is 0.490 e. The normalized spacial score (nSPS) is 10.4. The Hall–Kier alpha value is -2.49. The van der Waals surface area contributed by atoms with Gasteiger partial charge in [-0.05, 0) is 62.1 Å². The van der Waals surface area contributed by atoms with Crippen LogP contribution in [0.2, 0.25) is 0 Å². The van der Waals surface area contributed by atoms with Crippen LogP contribution in [0.3, 0.4) is 0 Å². The van der Waals surface area contributed by atoms with E-state index in [0.717, 1.165) is 35.5 Å². The van der Waals surface area contributed by atoms with Gasteiger partial charge in [0.15, 0.2) is 11.5 Å². The van der Waals surface area contributed by atoms with Crippen molar-refractivity contribution in [1.29, 1.82) is 0 Å². The monoisotopic (exact) mass is 356 g/mol. The number of benzene rings is 2. The summed E-state index contributed by atoms with van der Waals surface area (Å²) < 4.78 is 16.9. The van der Waals surface area contributed by atoms with Gasteiger partial charge in [0.1, 0.15) is 5.75 Å². The van der Waals surface area contributed by atoms with Crippen LogP contribution in [0.5, 0.6) is 17.2 Å². The van der Waals surface area contributed by atoms with Crippen LogP contribution in [-0.4, -0.2) is 19.2 Å². The van der Waals surface area contributed by atoms with Gasteiger partial charge in [0.2, 0.25) is 0 Å². The molecule has 140 valence electrons. The van der Waals surface area contributed by atoms with Crippen LogP contribution in [0, 0.1) is 6.92 Å². The van der Waals surface area contributed by atoms with Gasteiger partial charge in [-0.1, -0.05) is 31.5 Å². The Morgan fingerprint density at radius 1 is 1.00 bits per heavy atom. The molecule has 0 aromatic heterocycles. The molecule has 0 aliphatic heterocycles. The number of hydrogen-bond donors (Lipinski definition) is 0. The molecule has 4 heteroatoms. The maximum absolute atomic E-state index is 12.1. The van der Waals surface area contributed by atoms with Crippen molar-refractivity contribution in [2.75, 3.05) is 13.2 Å². The second-order valence-corrected chi connectivity index (χ2v) is 6.21. The first kappa shape index (κ1) is 19.8. The highest BCUT2D eigenvalue weighted by Gasteiger charge is 2.10. The lowest BCUT2D eigenvalue weighted by Gasteiger charge is -2.13. The third kappa shape index (κ3) is 6.43. The van der Waals surface area contributed by atoms with E-state index in [-0.39, 0.29) is 5.97 Å².